The van der Waals surface area contributed by atoms with E-state index >= 15 is 0 Å². The lowest BCUT2D eigenvalue weighted by Crippen LogP contribution is -2.38. The molecule has 1 unspecified atom stereocenters. The van der Waals surface area contributed by atoms with Crippen LogP contribution >= 0.6 is 0 Å². The van der Waals surface area contributed by atoms with Gasteiger partial charge in [0.25, 0.3) is 0 Å². The number of rotatable bonds is 5. The van der Waals surface area contributed by atoms with E-state index in [4.69, 9.17) is 9.47 Å². The summed E-state index contributed by atoms with van der Waals surface area (Å²) in [5, 5.41) is 0. The number of hydrogen-bond donors (Lipinski definition) is 0. The highest BCUT2D eigenvalue weighted by molar-refractivity contribution is 5.17. The summed E-state index contributed by atoms with van der Waals surface area (Å²) < 4.78 is 48.8. The first-order chi connectivity index (χ1) is 11.5. The minimum Gasteiger partial charge on any atom is -0.477 e. The van der Waals surface area contributed by atoms with Gasteiger partial charge in [0.1, 0.15) is 5.69 Å². The van der Waals surface area contributed by atoms with Crippen molar-refractivity contribution in [1.82, 2.24) is 9.88 Å². The molecule has 134 valence electrons. The molecule has 3 heterocycles. The van der Waals surface area contributed by atoms with E-state index < -0.39 is 11.9 Å². The van der Waals surface area contributed by atoms with Gasteiger partial charge in [-0.1, -0.05) is 6.07 Å². The molecule has 0 aliphatic carbocycles. The van der Waals surface area contributed by atoms with Crippen LogP contribution in [0.5, 0.6) is 5.88 Å². The molecular formula is C17H23F3N2O2. The lowest BCUT2D eigenvalue weighted by Gasteiger charge is -2.33. The van der Waals surface area contributed by atoms with Crippen molar-refractivity contribution in [1.29, 1.82) is 0 Å². The van der Waals surface area contributed by atoms with Crippen LogP contribution in [0.4, 0.5) is 13.2 Å². The number of piperidine rings is 1. The average molecular weight is 344 g/mol. The predicted octanol–water partition coefficient (Wildman–Crippen LogP) is 3.23. The van der Waals surface area contributed by atoms with Gasteiger partial charge in [0.2, 0.25) is 5.88 Å². The van der Waals surface area contributed by atoms with Gasteiger partial charge in [-0.05, 0) is 50.3 Å². The molecule has 0 bridgehead atoms. The van der Waals surface area contributed by atoms with Gasteiger partial charge in [-0.2, -0.15) is 13.2 Å². The summed E-state index contributed by atoms with van der Waals surface area (Å²) in [6.07, 6.45) is -1.28. The molecule has 1 aromatic rings. The molecule has 2 fully saturated rings. The zero-order valence-electron chi connectivity index (χ0n) is 13.6. The minimum atomic E-state index is -4.44. The molecule has 0 amide bonds. The molecule has 7 heteroatoms. The van der Waals surface area contributed by atoms with Crippen molar-refractivity contribution < 1.29 is 22.6 Å². The maximum atomic E-state index is 12.6. The second-order valence-corrected chi connectivity index (χ2v) is 6.64. The third-order valence-corrected chi connectivity index (χ3v) is 4.73. The lowest BCUT2D eigenvalue weighted by molar-refractivity contribution is -0.141. The molecule has 3 rings (SSSR count). The standard InChI is InChI=1S/C17H23F3N2O2/c18-17(19,20)15-2-1-3-16(21-15)24-12-13-4-7-22(8-5-13)10-14-6-9-23-11-14/h1-3,13-14H,4-12H2. The van der Waals surface area contributed by atoms with Crippen molar-refractivity contribution in [2.75, 3.05) is 39.5 Å². The average Bonchev–Trinajstić information content (AvgIpc) is 3.07. The van der Waals surface area contributed by atoms with Gasteiger partial charge >= 0.3 is 6.18 Å². The summed E-state index contributed by atoms with van der Waals surface area (Å²) in [6, 6.07) is 3.76. The Kier molecular flexibility index (Phi) is 5.61. The van der Waals surface area contributed by atoms with Crippen molar-refractivity contribution >= 4 is 0 Å². The quantitative estimate of drug-likeness (QED) is 0.821. The smallest absolute Gasteiger partial charge is 0.433 e. The van der Waals surface area contributed by atoms with Crippen molar-refractivity contribution in [3.63, 3.8) is 0 Å². The Morgan fingerprint density at radius 3 is 2.62 bits per heavy atom. The van der Waals surface area contributed by atoms with Crippen molar-refractivity contribution in [3.8, 4) is 5.88 Å². The van der Waals surface area contributed by atoms with E-state index in [0.29, 0.717) is 18.4 Å². The molecule has 0 radical (unpaired) electrons. The number of ether oxygens (including phenoxy) is 2. The maximum absolute atomic E-state index is 12.6. The predicted molar refractivity (Wildman–Crippen MR) is 82.8 cm³/mol. The zero-order chi connectivity index (χ0) is 17.0. The molecular weight excluding hydrogens is 321 g/mol. The SMILES string of the molecule is FC(F)(F)c1cccc(OCC2CCN(CC3CCOC3)CC2)n1. The van der Waals surface area contributed by atoms with Crippen LogP contribution in [0.1, 0.15) is 25.0 Å². The topological polar surface area (TPSA) is 34.6 Å². The monoisotopic (exact) mass is 344 g/mol. The number of hydrogen-bond acceptors (Lipinski definition) is 4. The van der Waals surface area contributed by atoms with E-state index in [2.05, 4.69) is 9.88 Å². The summed E-state index contributed by atoms with van der Waals surface area (Å²) in [5.41, 5.74) is -0.909. The van der Waals surface area contributed by atoms with Gasteiger partial charge in [-0.15, -0.1) is 0 Å². The molecule has 0 spiro atoms. The summed E-state index contributed by atoms with van der Waals surface area (Å²) in [5.74, 6) is 1.07. The normalized spacial score (nSPS) is 23.5. The summed E-state index contributed by atoms with van der Waals surface area (Å²) in [4.78, 5) is 6.00. The zero-order valence-corrected chi connectivity index (χ0v) is 13.6. The van der Waals surface area contributed by atoms with Gasteiger partial charge in [0.05, 0.1) is 13.2 Å². The molecule has 2 aliphatic rings. The van der Waals surface area contributed by atoms with Gasteiger partial charge in [-0.25, -0.2) is 4.98 Å². The van der Waals surface area contributed by atoms with Gasteiger partial charge in [0.15, 0.2) is 0 Å². The molecule has 2 aliphatic heterocycles. The van der Waals surface area contributed by atoms with Crippen LogP contribution in [0.2, 0.25) is 0 Å². The third-order valence-electron chi connectivity index (χ3n) is 4.73. The fraction of sp³-hybridized carbons (Fsp3) is 0.706. The molecule has 2 saturated heterocycles. The molecule has 24 heavy (non-hydrogen) atoms. The van der Waals surface area contributed by atoms with Crippen LogP contribution in [0, 0.1) is 11.8 Å². The fourth-order valence-electron chi connectivity index (χ4n) is 3.28. The number of aromatic nitrogens is 1. The Labute approximate surface area is 140 Å². The Bertz CT molecular complexity index is 525. The number of pyridine rings is 1. The van der Waals surface area contributed by atoms with Crippen LogP contribution in [-0.4, -0.2) is 49.3 Å². The molecule has 1 aromatic heterocycles. The molecule has 0 saturated carbocycles. The van der Waals surface area contributed by atoms with Crippen LogP contribution in [0.15, 0.2) is 18.2 Å². The number of halogens is 3. The van der Waals surface area contributed by atoms with E-state index in [9.17, 15) is 13.2 Å². The summed E-state index contributed by atoms with van der Waals surface area (Å²) in [6.45, 7) is 5.28. The Morgan fingerprint density at radius 1 is 1.17 bits per heavy atom. The molecule has 4 nitrogen and oxygen atoms in total. The van der Waals surface area contributed by atoms with Gasteiger partial charge in [0, 0.05) is 19.2 Å². The fourth-order valence-corrected chi connectivity index (χ4v) is 3.28. The van der Waals surface area contributed by atoms with Crippen LogP contribution in [0.3, 0.4) is 0 Å². The highest BCUT2D eigenvalue weighted by atomic mass is 19.4. The Hall–Kier alpha value is -1.34. The highest BCUT2D eigenvalue weighted by Gasteiger charge is 2.32. The molecule has 0 aromatic carbocycles. The Morgan fingerprint density at radius 2 is 1.96 bits per heavy atom. The van der Waals surface area contributed by atoms with Crippen molar-refractivity contribution in [2.24, 2.45) is 11.8 Å². The first-order valence-electron chi connectivity index (χ1n) is 8.48. The number of nitrogens with zero attached hydrogens (tertiary/aromatic N) is 2. The van der Waals surface area contributed by atoms with E-state index in [1.807, 2.05) is 0 Å². The highest BCUT2D eigenvalue weighted by Crippen LogP contribution is 2.29. The second-order valence-electron chi connectivity index (χ2n) is 6.64. The Balaban J connectivity index is 1.42. The summed E-state index contributed by atoms with van der Waals surface area (Å²) >= 11 is 0. The van der Waals surface area contributed by atoms with Crippen molar-refractivity contribution in [2.45, 2.75) is 25.4 Å². The van der Waals surface area contributed by atoms with Crippen LogP contribution in [0.25, 0.3) is 0 Å². The number of likely N-dealkylation sites (tertiary alicyclic amines) is 1. The van der Waals surface area contributed by atoms with Crippen LogP contribution in [-0.2, 0) is 10.9 Å². The minimum absolute atomic E-state index is 0.0513. The van der Waals surface area contributed by atoms with E-state index in [1.54, 1.807) is 0 Å². The summed E-state index contributed by atoms with van der Waals surface area (Å²) in [7, 11) is 0. The third kappa shape index (κ3) is 4.83. The molecule has 0 N–H and O–H groups in total. The second kappa shape index (κ2) is 7.70. The van der Waals surface area contributed by atoms with E-state index in [0.717, 1.165) is 58.2 Å². The van der Waals surface area contributed by atoms with Gasteiger partial charge in [-0.3, -0.25) is 0 Å². The van der Waals surface area contributed by atoms with E-state index in [1.165, 1.54) is 12.1 Å². The van der Waals surface area contributed by atoms with E-state index in [-0.39, 0.29) is 5.88 Å². The van der Waals surface area contributed by atoms with Gasteiger partial charge < -0.3 is 14.4 Å². The molecule has 1 atom stereocenters. The van der Waals surface area contributed by atoms with Crippen molar-refractivity contribution in [3.05, 3.63) is 23.9 Å². The number of alkyl halides is 3. The first kappa shape index (κ1) is 17.5. The lowest BCUT2D eigenvalue weighted by atomic mass is 9.96. The largest absolute Gasteiger partial charge is 0.477 e. The first-order valence-corrected chi connectivity index (χ1v) is 8.48. The maximum Gasteiger partial charge on any atom is 0.433 e. The van der Waals surface area contributed by atoms with Crippen LogP contribution < -0.4 is 4.74 Å².